The van der Waals surface area contributed by atoms with Gasteiger partial charge in [0.15, 0.2) is 0 Å². The summed E-state index contributed by atoms with van der Waals surface area (Å²) in [4.78, 5) is 28.0. The zero-order valence-electron chi connectivity index (χ0n) is 14.0. The predicted octanol–water partition coefficient (Wildman–Crippen LogP) is 0.236. The van der Waals surface area contributed by atoms with Crippen molar-refractivity contribution in [1.29, 1.82) is 0 Å². The lowest BCUT2D eigenvalue weighted by molar-refractivity contribution is -0.137. The Labute approximate surface area is 142 Å². The second-order valence-electron chi connectivity index (χ2n) is 6.97. The first-order chi connectivity index (χ1) is 11.8. The number of fused-ring (bicyclic) bond motifs is 4. The van der Waals surface area contributed by atoms with Crippen molar-refractivity contribution in [2.45, 2.75) is 18.9 Å². The summed E-state index contributed by atoms with van der Waals surface area (Å²) < 4.78 is 5.34. The highest BCUT2D eigenvalue weighted by Crippen LogP contribution is 2.29. The molecule has 0 saturated carbocycles. The molecule has 0 aliphatic carbocycles. The van der Waals surface area contributed by atoms with E-state index in [4.69, 9.17) is 4.74 Å². The third kappa shape index (κ3) is 3.37. The zero-order chi connectivity index (χ0) is 16.4. The van der Waals surface area contributed by atoms with Crippen molar-refractivity contribution in [3.05, 3.63) is 18.5 Å². The van der Waals surface area contributed by atoms with Crippen LogP contribution < -0.4 is 4.90 Å². The lowest BCUT2D eigenvalue weighted by Gasteiger charge is -2.37. The molecule has 24 heavy (non-hydrogen) atoms. The largest absolute Gasteiger partial charge is 0.378 e. The molecule has 4 saturated heterocycles. The molecule has 4 fully saturated rings. The molecule has 2 atom stereocenters. The highest BCUT2D eigenvalue weighted by atomic mass is 16.5. The maximum atomic E-state index is 12.6. The van der Waals surface area contributed by atoms with Gasteiger partial charge >= 0.3 is 0 Å². The van der Waals surface area contributed by atoms with Crippen molar-refractivity contribution < 1.29 is 9.53 Å². The van der Waals surface area contributed by atoms with Crippen molar-refractivity contribution in [3.8, 4) is 0 Å². The van der Waals surface area contributed by atoms with E-state index in [9.17, 15) is 4.79 Å². The molecule has 0 spiro atoms. The van der Waals surface area contributed by atoms with E-state index in [0.717, 1.165) is 45.1 Å². The number of piperidine rings is 1. The molecule has 7 heteroatoms. The van der Waals surface area contributed by atoms with Crippen LogP contribution in [-0.4, -0.2) is 84.2 Å². The molecule has 0 N–H and O–H groups in total. The van der Waals surface area contributed by atoms with Crippen molar-refractivity contribution >= 4 is 11.9 Å². The molecule has 130 valence electrons. The third-order valence-corrected chi connectivity index (χ3v) is 5.36. The van der Waals surface area contributed by atoms with Crippen LogP contribution in [0.25, 0.3) is 0 Å². The number of morpholine rings is 1. The van der Waals surface area contributed by atoms with Crippen LogP contribution in [0.4, 0.5) is 5.95 Å². The van der Waals surface area contributed by atoms with Crippen LogP contribution in [-0.2, 0) is 9.53 Å². The van der Waals surface area contributed by atoms with Crippen LogP contribution in [0, 0.1) is 5.92 Å². The van der Waals surface area contributed by atoms with Gasteiger partial charge in [-0.3, -0.25) is 9.69 Å². The summed E-state index contributed by atoms with van der Waals surface area (Å²) in [7, 11) is 0. The summed E-state index contributed by atoms with van der Waals surface area (Å²) in [5, 5.41) is 0. The van der Waals surface area contributed by atoms with Crippen LogP contribution in [0.3, 0.4) is 0 Å². The molecule has 0 aromatic carbocycles. The first-order valence-corrected chi connectivity index (χ1v) is 8.91. The zero-order valence-corrected chi connectivity index (χ0v) is 14.0. The number of ether oxygens (including phenoxy) is 1. The Kier molecular flexibility index (Phi) is 4.62. The number of anilines is 1. The van der Waals surface area contributed by atoms with Gasteiger partial charge in [0, 0.05) is 51.2 Å². The topological polar surface area (TPSA) is 61.8 Å². The summed E-state index contributed by atoms with van der Waals surface area (Å²) >= 11 is 0. The van der Waals surface area contributed by atoms with Crippen LogP contribution in [0.2, 0.25) is 0 Å². The fourth-order valence-electron chi connectivity index (χ4n) is 4.08. The fraction of sp³-hybridized carbons (Fsp3) is 0.706. The Bertz CT molecular complexity index is 563. The van der Waals surface area contributed by atoms with E-state index in [1.54, 1.807) is 12.4 Å². The van der Waals surface area contributed by atoms with E-state index < -0.39 is 0 Å². The third-order valence-electron chi connectivity index (χ3n) is 5.36. The SMILES string of the molecule is O=C(CN1C[C@H]2CC[C@@H]1CN(c1ncccn1)C2)N1CCOCC1. The van der Waals surface area contributed by atoms with Crippen molar-refractivity contribution in [1.82, 2.24) is 19.8 Å². The summed E-state index contributed by atoms with van der Waals surface area (Å²) in [6, 6.07) is 2.26. The van der Waals surface area contributed by atoms with Gasteiger partial charge in [0.2, 0.25) is 11.9 Å². The van der Waals surface area contributed by atoms with Gasteiger partial charge in [0.05, 0.1) is 19.8 Å². The number of nitrogens with zero attached hydrogens (tertiary/aromatic N) is 5. The lowest BCUT2D eigenvalue weighted by Crippen LogP contribution is -2.51. The van der Waals surface area contributed by atoms with Gasteiger partial charge in [0.25, 0.3) is 0 Å². The second-order valence-corrected chi connectivity index (χ2v) is 6.97. The van der Waals surface area contributed by atoms with Gasteiger partial charge in [-0.2, -0.15) is 0 Å². The highest BCUT2D eigenvalue weighted by Gasteiger charge is 2.36. The summed E-state index contributed by atoms with van der Waals surface area (Å²) in [6.45, 7) is 6.22. The average Bonchev–Trinajstić information content (AvgIpc) is 2.95. The molecule has 2 bridgehead atoms. The lowest BCUT2D eigenvalue weighted by atomic mass is 9.95. The molecule has 1 amide bonds. The van der Waals surface area contributed by atoms with Crippen LogP contribution in [0.1, 0.15) is 12.8 Å². The predicted molar refractivity (Wildman–Crippen MR) is 89.7 cm³/mol. The van der Waals surface area contributed by atoms with E-state index in [0.29, 0.717) is 31.7 Å². The molecule has 4 aliphatic rings. The summed E-state index contributed by atoms with van der Waals surface area (Å²) in [6.07, 6.45) is 5.99. The maximum Gasteiger partial charge on any atom is 0.236 e. The van der Waals surface area contributed by atoms with Gasteiger partial charge in [-0.1, -0.05) is 0 Å². The maximum absolute atomic E-state index is 12.6. The first-order valence-electron chi connectivity index (χ1n) is 8.91. The molecule has 5 rings (SSSR count). The molecule has 0 radical (unpaired) electrons. The molecule has 7 nitrogen and oxygen atoms in total. The number of carbonyl (C=O) groups is 1. The first kappa shape index (κ1) is 15.8. The number of rotatable bonds is 3. The molecule has 0 unspecified atom stereocenters. The minimum absolute atomic E-state index is 0.244. The van der Waals surface area contributed by atoms with Gasteiger partial charge < -0.3 is 14.5 Å². The summed E-state index contributed by atoms with van der Waals surface area (Å²) in [5.74, 6) is 1.65. The monoisotopic (exact) mass is 331 g/mol. The molecular formula is C17H25N5O2. The van der Waals surface area contributed by atoms with E-state index in [2.05, 4.69) is 19.8 Å². The number of hydrogen-bond acceptors (Lipinski definition) is 6. The average molecular weight is 331 g/mol. The fourth-order valence-corrected chi connectivity index (χ4v) is 4.08. The quantitative estimate of drug-likeness (QED) is 0.790. The minimum atomic E-state index is 0.244. The van der Waals surface area contributed by atoms with E-state index >= 15 is 0 Å². The second kappa shape index (κ2) is 7.03. The Hall–Kier alpha value is -1.73. The van der Waals surface area contributed by atoms with Gasteiger partial charge in [-0.25, -0.2) is 9.97 Å². The number of carbonyl (C=O) groups excluding carboxylic acids is 1. The van der Waals surface area contributed by atoms with Crippen LogP contribution in [0.5, 0.6) is 0 Å². The molecule has 4 aliphatic heterocycles. The summed E-state index contributed by atoms with van der Waals surface area (Å²) in [5.41, 5.74) is 0. The number of aromatic nitrogens is 2. The van der Waals surface area contributed by atoms with Gasteiger partial charge in [-0.15, -0.1) is 0 Å². The Balaban J connectivity index is 1.42. The molecular weight excluding hydrogens is 306 g/mol. The van der Waals surface area contributed by atoms with Crippen molar-refractivity contribution in [2.75, 3.05) is 57.4 Å². The van der Waals surface area contributed by atoms with Gasteiger partial charge in [0.1, 0.15) is 0 Å². The molecule has 1 aromatic heterocycles. The number of amides is 1. The van der Waals surface area contributed by atoms with E-state index in [1.165, 1.54) is 6.42 Å². The van der Waals surface area contributed by atoms with Gasteiger partial charge in [-0.05, 0) is 24.8 Å². The van der Waals surface area contributed by atoms with Crippen molar-refractivity contribution in [3.63, 3.8) is 0 Å². The standard InChI is InChI=1S/C17H25N5O2/c23-16(20-6-8-24-9-7-20)13-21-10-14-2-3-15(21)12-22(11-14)17-18-4-1-5-19-17/h1,4-5,14-15H,2-3,6-13H2/t14-,15-/m1/s1. The Morgan fingerprint density at radius 1 is 1.12 bits per heavy atom. The highest BCUT2D eigenvalue weighted by molar-refractivity contribution is 5.78. The Morgan fingerprint density at radius 2 is 1.92 bits per heavy atom. The van der Waals surface area contributed by atoms with E-state index in [1.807, 2.05) is 11.0 Å². The molecule has 5 heterocycles. The van der Waals surface area contributed by atoms with Crippen LogP contribution >= 0.6 is 0 Å². The Morgan fingerprint density at radius 3 is 2.71 bits per heavy atom. The van der Waals surface area contributed by atoms with E-state index in [-0.39, 0.29) is 5.91 Å². The van der Waals surface area contributed by atoms with Crippen LogP contribution in [0.15, 0.2) is 18.5 Å². The normalized spacial score (nSPS) is 28.0. The smallest absolute Gasteiger partial charge is 0.236 e. The number of hydrogen-bond donors (Lipinski definition) is 0. The molecule has 1 aromatic rings. The minimum Gasteiger partial charge on any atom is -0.378 e. The van der Waals surface area contributed by atoms with Crippen molar-refractivity contribution in [2.24, 2.45) is 5.92 Å².